The van der Waals surface area contributed by atoms with Gasteiger partial charge >= 0.3 is 6.03 Å². The van der Waals surface area contributed by atoms with Crippen LogP contribution in [0.1, 0.15) is 19.3 Å². The van der Waals surface area contributed by atoms with Crippen molar-refractivity contribution in [3.05, 3.63) is 12.3 Å². The summed E-state index contributed by atoms with van der Waals surface area (Å²) in [6.45, 7) is 1.95. The highest BCUT2D eigenvalue weighted by molar-refractivity contribution is 5.88. The van der Waals surface area contributed by atoms with E-state index in [1.807, 2.05) is 20.3 Å². The Balaban J connectivity index is 1.73. The largest absolute Gasteiger partial charge is 0.388 e. The number of carbonyl (C=O) groups excluding carboxylic acids is 1. The molecule has 1 aliphatic rings. The van der Waals surface area contributed by atoms with Crippen LogP contribution in [0, 0.1) is 0 Å². The van der Waals surface area contributed by atoms with Gasteiger partial charge in [-0.3, -0.25) is 10.00 Å². The summed E-state index contributed by atoms with van der Waals surface area (Å²) in [5.41, 5.74) is -0.706. The molecule has 0 bridgehead atoms. The topological polar surface area (TPSA) is 82.4 Å². The van der Waals surface area contributed by atoms with Gasteiger partial charge in [0.25, 0.3) is 0 Å². The number of urea groups is 1. The third-order valence-electron chi connectivity index (χ3n) is 3.52. The van der Waals surface area contributed by atoms with Gasteiger partial charge in [0.2, 0.25) is 0 Å². The number of rotatable bonds is 6. The number of amides is 2. The van der Waals surface area contributed by atoms with E-state index in [2.05, 4.69) is 20.6 Å². The average Bonchev–Trinajstić information content (AvgIpc) is 2.79. The maximum atomic E-state index is 11.7. The Kier molecular flexibility index (Phi) is 4.61. The van der Waals surface area contributed by atoms with E-state index in [4.69, 9.17) is 0 Å². The van der Waals surface area contributed by atoms with Crippen LogP contribution in [0.2, 0.25) is 0 Å². The summed E-state index contributed by atoms with van der Waals surface area (Å²) in [4.78, 5) is 13.8. The summed E-state index contributed by atoms with van der Waals surface area (Å²) in [5, 5.41) is 19.5. The molecule has 0 spiro atoms. The van der Waals surface area contributed by atoms with E-state index in [1.54, 1.807) is 10.7 Å². The maximum Gasteiger partial charge on any atom is 0.320 e. The van der Waals surface area contributed by atoms with Gasteiger partial charge < -0.3 is 15.3 Å². The number of hydrogen-bond donors (Lipinski definition) is 3. The van der Waals surface area contributed by atoms with Gasteiger partial charge in [-0.25, -0.2) is 4.79 Å². The number of nitrogens with one attached hydrogen (secondary N) is 2. The second kappa shape index (κ2) is 6.23. The SMILES string of the molecule is CN(C)CCn1ccc(NC(=O)NCC2(O)CCC2)n1. The zero-order chi connectivity index (χ0) is 14.6. The molecule has 2 rings (SSSR count). The zero-order valence-corrected chi connectivity index (χ0v) is 12.1. The van der Waals surface area contributed by atoms with Crippen molar-refractivity contribution < 1.29 is 9.90 Å². The molecule has 1 aliphatic carbocycles. The number of nitrogens with zero attached hydrogens (tertiary/aromatic N) is 3. The van der Waals surface area contributed by atoms with Crippen LogP contribution in [0.3, 0.4) is 0 Å². The van der Waals surface area contributed by atoms with Gasteiger partial charge in [0.05, 0.1) is 12.1 Å². The van der Waals surface area contributed by atoms with Crippen molar-refractivity contribution in [3.8, 4) is 0 Å². The molecular weight excluding hydrogens is 258 g/mol. The molecule has 3 N–H and O–H groups in total. The Labute approximate surface area is 118 Å². The highest BCUT2D eigenvalue weighted by atomic mass is 16.3. The summed E-state index contributed by atoms with van der Waals surface area (Å²) >= 11 is 0. The number of carbonyl (C=O) groups is 1. The molecule has 7 nitrogen and oxygen atoms in total. The highest BCUT2D eigenvalue weighted by Gasteiger charge is 2.34. The Hall–Kier alpha value is -1.60. The molecule has 1 aromatic rings. The van der Waals surface area contributed by atoms with Gasteiger partial charge in [-0.1, -0.05) is 0 Å². The minimum atomic E-state index is -0.706. The fraction of sp³-hybridized carbons (Fsp3) is 0.692. The van der Waals surface area contributed by atoms with Crippen molar-refractivity contribution in [1.29, 1.82) is 0 Å². The van der Waals surface area contributed by atoms with Crippen LogP contribution in [0.4, 0.5) is 10.6 Å². The monoisotopic (exact) mass is 281 g/mol. The molecular formula is C13H23N5O2. The lowest BCUT2D eigenvalue weighted by Crippen LogP contribution is -2.48. The molecule has 7 heteroatoms. The fourth-order valence-electron chi connectivity index (χ4n) is 2.02. The first kappa shape index (κ1) is 14.8. The van der Waals surface area contributed by atoms with Gasteiger partial charge in [0, 0.05) is 25.4 Å². The van der Waals surface area contributed by atoms with Gasteiger partial charge in [-0.15, -0.1) is 0 Å². The fourth-order valence-corrected chi connectivity index (χ4v) is 2.02. The predicted molar refractivity (Wildman–Crippen MR) is 76.6 cm³/mol. The Bertz CT molecular complexity index is 453. The van der Waals surface area contributed by atoms with Crippen molar-refractivity contribution in [1.82, 2.24) is 20.0 Å². The summed E-state index contributed by atoms with van der Waals surface area (Å²) in [6.07, 6.45) is 4.37. The summed E-state index contributed by atoms with van der Waals surface area (Å²) in [5.74, 6) is 0.516. The standard InChI is InChI=1S/C13H23N5O2/c1-17(2)8-9-18-7-4-11(16-18)15-12(19)14-10-13(20)5-3-6-13/h4,7,20H,3,5-6,8-10H2,1-2H3,(H2,14,15,16,19). The summed E-state index contributed by atoms with van der Waals surface area (Å²) in [7, 11) is 4.00. The van der Waals surface area contributed by atoms with Crippen LogP contribution in [0.5, 0.6) is 0 Å². The lowest BCUT2D eigenvalue weighted by molar-refractivity contribution is -0.0287. The number of aliphatic hydroxyl groups is 1. The lowest BCUT2D eigenvalue weighted by atomic mass is 9.80. The molecule has 2 amide bonds. The van der Waals surface area contributed by atoms with Crippen LogP contribution in [0.25, 0.3) is 0 Å². The van der Waals surface area contributed by atoms with E-state index in [1.165, 1.54) is 0 Å². The second-order valence-corrected chi connectivity index (χ2v) is 5.65. The normalized spacial score (nSPS) is 16.8. The van der Waals surface area contributed by atoms with Crippen LogP contribution in [-0.2, 0) is 6.54 Å². The molecule has 1 aromatic heterocycles. The second-order valence-electron chi connectivity index (χ2n) is 5.65. The quantitative estimate of drug-likeness (QED) is 0.708. The molecule has 0 unspecified atom stereocenters. The molecule has 0 aromatic carbocycles. The van der Waals surface area contributed by atoms with Gasteiger partial charge in [-0.05, 0) is 33.4 Å². The van der Waals surface area contributed by atoms with E-state index < -0.39 is 5.60 Å². The maximum absolute atomic E-state index is 11.7. The first-order valence-electron chi connectivity index (χ1n) is 6.92. The van der Waals surface area contributed by atoms with Crippen LogP contribution in [0.15, 0.2) is 12.3 Å². The Morgan fingerprint density at radius 3 is 2.90 bits per heavy atom. The minimum Gasteiger partial charge on any atom is -0.388 e. The zero-order valence-electron chi connectivity index (χ0n) is 12.1. The molecule has 20 heavy (non-hydrogen) atoms. The molecule has 0 radical (unpaired) electrons. The van der Waals surface area contributed by atoms with Gasteiger partial charge in [-0.2, -0.15) is 5.10 Å². The van der Waals surface area contributed by atoms with E-state index in [9.17, 15) is 9.90 Å². The third-order valence-corrected chi connectivity index (χ3v) is 3.52. The van der Waals surface area contributed by atoms with Crippen LogP contribution >= 0.6 is 0 Å². The van der Waals surface area contributed by atoms with Crippen molar-refractivity contribution in [3.63, 3.8) is 0 Å². The molecule has 1 saturated carbocycles. The van der Waals surface area contributed by atoms with E-state index in [0.29, 0.717) is 12.4 Å². The van der Waals surface area contributed by atoms with Gasteiger partial charge in [0.1, 0.15) is 0 Å². The van der Waals surface area contributed by atoms with Crippen molar-refractivity contribution >= 4 is 11.8 Å². The van der Waals surface area contributed by atoms with Crippen molar-refractivity contribution in [2.45, 2.75) is 31.4 Å². The smallest absolute Gasteiger partial charge is 0.320 e. The van der Waals surface area contributed by atoms with Gasteiger partial charge in [0.15, 0.2) is 5.82 Å². The molecule has 112 valence electrons. The van der Waals surface area contributed by atoms with Crippen molar-refractivity contribution in [2.75, 3.05) is 32.5 Å². The van der Waals surface area contributed by atoms with Crippen LogP contribution < -0.4 is 10.6 Å². The highest BCUT2D eigenvalue weighted by Crippen LogP contribution is 2.30. The first-order valence-corrected chi connectivity index (χ1v) is 6.92. The molecule has 0 aliphatic heterocycles. The van der Waals surface area contributed by atoms with Crippen molar-refractivity contribution in [2.24, 2.45) is 0 Å². The molecule has 0 saturated heterocycles. The van der Waals surface area contributed by atoms with E-state index >= 15 is 0 Å². The Morgan fingerprint density at radius 1 is 1.55 bits per heavy atom. The molecule has 1 heterocycles. The summed E-state index contributed by atoms with van der Waals surface area (Å²) in [6, 6.07) is 1.43. The predicted octanol–water partition coefficient (Wildman–Crippen LogP) is 0.481. The average molecular weight is 281 g/mol. The first-order chi connectivity index (χ1) is 9.47. The van der Waals surface area contributed by atoms with E-state index in [-0.39, 0.29) is 6.03 Å². The number of aromatic nitrogens is 2. The van der Waals surface area contributed by atoms with E-state index in [0.717, 1.165) is 32.4 Å². The van der Waals surface area contributed by atoms with Crippen LogP contribution in [-0.4, -0.2) is 58.6 Å². The Morgan fingerprint density at radius 2 is 2.30 bits per heavy atom. The molecule has 0 atom stereocenters. The third kappa shape index (κ3) is 4.21. The number of anilines is 1. The molecule has 1 fully saturated rings. The minimum absolute atomic E-state index is 0.292. The summed E-state index contributed by atoms with van der Waals surface area (Å²) < 4.78 is 1.79. The number of likely N-dealkylation sites (N-methyl/N-ethyl adjacent to an activating group) is 1. The lowest BCUT2D eigenvalue weighted by Gasteiger charge is -2.36. The number of hydrogen-bond acceptors (Lipinski definition) is 4.